The van der Waals surface area contributed by atoms with Crippen molar-refractivity contribution in [2.24, 2.45) is 0 Å². The first-order valence-electron chi connectivity index (χ1n) is 9.14. The van der Waals surface area contributed by atoms with Crippen molar-refractivity contribution in [3.8, 4) is 5.75 Å². The van der Waals surface area contributed by atoms with E-state index in [1.165, 1.54) is 6.92 Å². The molecule has 0 aliphatic rings. The van der Waals surface area contributed by atoms with E-state index in [2.05, 4.69) is 17.2 Å². The van der Waals surface area contributed by atoms with Crippen LogP contribution in [-0.2, 0) is 17.8 Å². The van der Waals surface area contributed by atoms with Crippen LogP contribution in [0, 0.1) is 0 Å². The Morgan fingerprint density at radius 3 is 2.38 bits per heavy atom. The maximum atomic E-state index is 12.4. The molecule has 148 valence electrons. The molecule has 0 radical (unpaired) electrons. The van der Waals surface area contributed by atoms with Crippen molar-refractivity contribution in [1.82, 2.24) is 0 Å². The number of benzene rings is 2. The monoisotopic (exact) mass is 390 g/mol. The van der Waals surface area contributed by atoms with Crippen LogP contribution in [0.5, 0.6) is 5.75 Å². The molecule has 3 aromatic rings. The predicted octanol–water partition coefficient (Wildman–Crippen LogP) is 4.80. The number of carbonyl (C=O) groups is 2. The first-order valence-corrected chi connectivity index (χ1v) is 9.14. The summed E-state index contributed by atoms with van der Waals surface area (Å²) in [5.41, 5.74) is 2.29. The number of nitrogens with one attached hydrogen (secondary N) is 2. The second-order valence-corrected chi connectivity index (χ2v) is 6.37. The SMILES string of the molecule is C=CCc1ccccc1OCc1ccc(C(=O)Nc2ccc(NC(C)=O)cc2)o1. The van der Waals surface area contributed by atoms with Gasteiger partial charge in [0.1, 0.15) is 18.1 Å². The van der Waals surface area contributed by atoms with E-state index in [0.29, 0.717) is 23.6 Å². The molecule has 0 unspecified atom stereocenters. The Kier molecular flexibility index (Phi) is 6.47. The summed E-state index contributed by atoms with van der Waals surface area (Å²) in [5.74, 6) is 0.974. The molecule has 1 aromatic heterocycles. The number of rotatable bonds is 8. The fourth-order valence-electron chi connectivity index (χ4n) is 2.73. The summed E-state index contributed by atoms with van der Waals surface area (Å²) in [7, 11) is 0. The third kappa shape index (κ3) is 5.59. The highest BCUT2D eigenvalue weighted by Gasteiger charge is 2.12. The standard InChI is InChI=1S/C23H22N2O4/c1-3-6-17-7-4-5-8-21(17)28-15-20-13-14-22(29-20)23(27)25-19-11-9-18(10-12-19)24-16(2)26/h3-5,7-14H,1,6,15H2,2H3,(H,24,26)(H,25,27). The van der Waals surface area contributed by atoms with Crippen molar-refractivity contribution in [3.05, 3.63) is 90.4 Å². The first kappa shape index (κ1) is 19.9. The van der Waals surface area contributed by atoms with Gasteiger partial charge in [0.2, 0.25) is 5.91 Å². The molecule has 6 heteroatoms. The number of hydrogen-bond donors (Lipinski definition) is 2. The van der Waals surface area contributed by atoms with E-state index in [-0.39, 0.29) is 24.2 Å². The molecule has 29 heavy (non-hydrogen) atoms. The van der Waals surface area contributed by atoms with Gasteiger partial charge in [-0.2, -0.15) is 0 Å². The van der Waals surface area contributed by atoms with Crippen molar-refractivity contribution >= 4 is 23.2 Å². The van der Waals surface area contributed by atoms with E-state index in [9.17, 15) is 9.59 Å². The van der Waals surface area contributed by atoms with Crippen molar-refractivity contribution in [2.45, 2.75) is 20.0 Å². The lowest BCUT2D eigenvalue weighted by Gasteiger charge is -2.09. The van der Waals surface area contributed by atoms with E-state index < -0.39 is 0 Å². The average Bonchev–Trinajstić information content (AvgIpc) is 3.18. The predicted molar refractivity (Wildman–Crippen MR) is 112 cm³/mol. The topological polar surface area (TPSA) is 80.6 Å². The third-order valence-electron chi connectivity index (χ3n) is 4.06. The largest absolute Gasteiger partial charge is 0.485 e. The number of carbonyl (C=O) groups excluding carboxylic acids is 2. The summed E-state index contributed by atoms with van der Waals surface area (Å²) in [6, 6.07) is 17.9. The van der Waals surface area contributed by atoms with Gasteiger partial charge in [-0.15, -0.1) is 6.58 Å². The number of furan rings is 1. The Bertz CT molecular complexity index is 1010. The zero-order valence-electron chi connectivity index (χ0n) is 16.1. The highest BCUT2D eigenvalue weighted by molar-refractivity contribution is 6.02. The fourth-order valence-corrected chi connectivity index (χ4v) is 2.73. The molecule has 1 heterocycles. The maximum Gasteiger partial charge on any atom is 0.291 e. The third-order valence-corrected chi connectivity index (χ3v) is 4.06. The Balaban J connectivity index is 1.58. The van der Waals surface area contributed by atoms with Crippen molar-refractivity contribution in [2.75, 3.05) is 10.6 Å². The summed E-state index contributed by atoms with van der Waals surface area (Å²) < 4.78 is 11.4. The molecule has 6 nitrogen and oxygen atoms in total. The lowest BCUT2D eigenvalue weighted by atomic mass is 10.1. The van der Waals surface area contributed by atoms with Gasteiger partial charge in [-0.25, -0.2) is 0 Å². The number of ether oxygens (including phenoxy) is 1. The minimum Gasteiger partial charge on any atom is -0.485 e. The summed E-state index contributed by atoms with van der Waals surface area (Å²) in [4.78, 5) is 23.4. The van der Waals surface area contributed by atoms with Crippen LogP contribution in [0.3, 0.4) is 0 Å². The summed E-state index contributed by atoms with van der Waals surface area (Å²) in [5, 5.41) is 5.42. The van der Waals surface area contributed by atoms with Crippen LogP contribution < -0.4 is 15.4 Å². The Hall–Kier alpha value is -3.80. The van der Waals surface area contributed by atoms with Crippen LogP contribution in [-0.4, -0.2) is 11.8 Å². The molecule has 0 fully saturated rings. The number of anilines is 2. The molecule has 0 bridgehead atoms. The summed E-state index contributed by atoms with van der Waals surface area (Å²) in [6.07, 6.45) is 2.53. The van der Waals surface area contributed by atoms with E-state index >= 15 is 0 Å². The quantitative estimate of drug-likeness (QED) is 0.542. The molecule has 2 N–H and O–H groups in total. The van der Waals surface area contributed by atoms with Crippen LogP contribution >= 0.6 is 0 Å². The van der Waals surface area contributed by atoms with Gasteiger partial charge in [0.05, 0.1) is 0 Å². The molecule has 0 aliphatic carbocycles. The number of hydrogen-bond acceptors (Lipinski definition) is 4. The molecular weight excluding hydrogens is 368 g/mol. The molecule has 0 spiro atoms. The van der Waals surface area contributed by atoms with Gasteiger partial charge in [0, 0.05) is 18.3 Å². The van der Waals surface area contributed by atoms with E-state index in [1.807, 2.05) is 30.3 Å². The van der Waals surface area contributed by atoms with E-state index in [4.69, 9.17) is 9.15 Å². The van der Waals surface area contributed by atoms with Gasteiger partial charge >= 0.3 is 0 Å². The van der Waals surface area contributed by atoms with E-state index in [0.717, 1.165) is 11.3 Å². The van der Waals surface area contributed by atoms with Gasteiger partial charge in [0.25, 0.3) is 5.91 Å². The molecule has 0 aliphatic heterocycles. The van der Waals surface area contributed by atoms with Crippen molar-refractivity contribution < 1.29 is 18.7 Å². The molecule has 0 saturated carbocycles. The fraction of sp³-hybridized carbons (Fsp3) is 0.130. The molecule has 0 atom stereocenters. The lowest BCUT2D eigenvalue weighted by molar-refractivity contribution is -0.114. The average molecular weight is 390 g/mol. The second kappa shape index (κ2) is 9.41. The highest BCUT2D eigenvalue weighted by Crippen LogP contribution is 2.21. The maximum absolute atomic E-state index is 12.4. The van der Waals surface area contributed by atoms with Gasteiger partial charge in [-0.1, -0.05) is 24.3 Å². The molecule has 0 saturated heterocycles. The van der Waals surface area contributed by atoms with Crippen LogP contribution in [0.1, 0.15) is 28.8 Å². The molecular formula is C23H22N2O4. The summed E-state index contributed by atoms with van der Waals surface area (Å²) >= 11 is 0. The van der Waals surface area contributed by atoms with Crippen LogP contribution in [0.15, 0.2) is 77.7 Å². The first-order chi connectivity index (χ1) is 14.0. The van der Waals surface area contributed by atoms with E-state index in [1.54, 1.807) is 36.4 Å². The van der Waals surface area contributed by atoms with Gasteiger partial charge in [-0.05, 0) is 54.4 Å². The molecule has 3 rings (SSSR count). The summed E-state index contributed by atoms with van der Waals surface area (Å²) in [6.45, 7) is 5.40. The smallest absolute Gasteiger partial charge is 0.291 e. The minimum absolute atomic E-state index is 0.153. The Morgan fingerprint density at radius 2 is 1.69 bits per heavy atom. The number of para-hydroxylation sites is 1. The number of amides is 2. The normalized spacial score (nSPS) is 10.2. The van der Waals surface area contributed by atoms with Crippen molar-refractivity contribution in [1.29, 1.82) is 0 Å². The molecule has 2 aromatic carbocycles. The highest BCUT2D eigenvalue weighted by atomic mass is 16.5. The van der Waals surface area contributed by atoms with Gasteiger partial charge in [0.15, 0.2) is 5.76 Å². The zero-order valence-corrected chi connectivity index (χ0v) is 16.1. The lowest BCUT2D eigenvalue weighted by Crippen LogP contribution is -2.11. The number of allylic oxidation sites excluding steroid dienone is 1. The van der Waals surface area contributed by atoms with Crippen molar-refractivity contribution in [3.63, 3.8) is 0 Å². The Labute approximate surface area is 169 Å². The van der Waals surface area contributed by atoms with Crippen LogP contribution in [0.25, 0.3) is 0 Å². The van der Waals surface area contributed by atoms with Crippen LogP contribution in [0.2, 0.25) is 0 Å². The van der Waals surface area contributed by atoms with Crippen LogP contribution in [0.4, 0.5) is 11.4 Å². The molecule has 2 amide bonds. The van der Waals surface area contributed by atoms with Gasteiger partial charge < -0.3 is 19.8 Å². The zero-order chi connectivity index (χ0) is 20.6. The second-order valence-electron chi connectivity index (χ2n) is 6.37. The van der Waals surface area contributed by atoms with Gasteiger partial charge in [-0.3, -0.25) is 9.59 Å². The Morgan fingerprint density at radius 1 is 1.00 bits per heavy atom. The minimum atomic E-state index is -0.365.